The quantitative estimate of drug-likeness (QED) is 0.453. The molecule has 1 aliphatic heterocycles. The molecule has 4 rings (SSSR count). The van der Waals surface area contributed by atoms with Gasteiger partial charge in [-0.05, 0) is 29.0 Å². The first-order valence-corrected chi connectivity index (χ1v) is 9.49. The van der Waals surface area contributed by atoms with E-state index in [1.807, 2.05) is 30.3 Å². The lowest BCUT2D eigenvalue weighted by atomic mass is 9.96. The summed E-state index contributed by atoms with van der Waals surface area (Å²) in [6, 6.07) is 17.4. The average molecular weight is 405 g/mol. The van der Waals surface area contributed by atoms with Crippen LogP contribution in [0.2, 0.25) is 0 Å². The molecule has 2 aromatic carbocycles. The van der Waals surface area contributed by atoms with Crippen LogP contribution in [0.1, 0.15) is 23.3 Å². The number of nitrogens with zero attached hydrogens (tertiary/aromatic N) is 1. The van der Waals surface area contributed by atoms with E-state index >= 15 is 0 Å². The fraction of sp³-hybridized carbons (Fsp3) is 0.190. The van der Waals surface area contributed by atoms with E-state index in [1.54, 1.807) is 29.6 Å². The van der Waals surface area contributed by atoms with Gasteiger partial charge in [0, 0.05) is 12.0 Å². The third-order valence-corrected chi connectivity index (χ3v) is 5.56. The molecule has 2 nitrogen and oxygen atoms in total. The molecule has 0 radical (unpaired) electrons. The second-order valence-corrected chi connectivity index (χ2v) is 7.35. The van der Waals surface area contributed by atoms with Gasteiger partial charge in [-0.1, -0.05) is 54.6 Å². The second kappa shape index (κ2) is 7.14. The maximum Gasteiger partial charge on any atom is 0.524 e. The van der Waals surface area contributed by atoms with Crippen LogP contribution in [-0.4, -0.2) is 12.1 Å². The molecular formula is C21H15F4NOS. The molecule has 1 aromatic heterocycles. The molecule has 0 saturated carbocycles. The van der Waals surface area contributed by atoms with E-state index in [2.05, 4.69) is 9.73 Å². The van der Waals surface area contributed by atoms with Crippen LogP contribution < -0.4 is 0 Å². The normalized spacial score (nSPS) is 19.6. The number of ether oxygens (including phenoxy) is 1. The van der Waals surface area contributed by atoms with Gasteiger partial charge in [0.05, 0.1) is 10.6 Å². The summed E-state index contributed by atoms with van der Waals surface area (Å²) in [5.74, 6) is -0.481. The molecule has 0 saturated heterocycles. The summed E-state index contributed by atoms with van der Waals surface area (Å²) in [4.78, 5) is 4.48. The molecule has 1 atom stereocenters. The Labute approximate surface area is 163 Å². The number of thiophene rings is 1. The van der Waals surface area contributed by atoms with E-state index in [1.165, 1.54) is 6.07 Å². The molecular weight excluding hydrogens is 390 g/mol. The monoisotopic (exact) mass is 405 g/mol. The smallest absolute Gasteiger partial charge is 0.259 e. The van der Waals surface area contributed by atoms with Gasteiger partial charge in [-0.15, -0.1) is 24.5 Å². The molecule has 1 unspecified atom stereocenters. The molecule has 0 N–H and O–H groups in total. The number of alkyl halides is 3. The Hall–Kier alpha value is -2.51. The van der Waals surface area contributed by atoms with E-state index in [4.69, 9.17) is 0 Å². The van der Waals surface area contributed by atoms with Crippen LogP contribution in [0.3, 0.4) is 0 Å². The van der Waals surface area contributed by atoms with Crippen molar-refractivity contribution in [3.8, 4) is 11.1 Å². The minimum Gasteiger partial charge on any atom is -0.259 e. The minimum atomic E-state index is -4.87. The summed E-state index contributed by atoms with van der Waals surface area (Å²) in [5, 5.41) is 1.55. The van der Waals surface area contributed by atoms with Crippen molar-refractivity contribution in [2.75, 3.05) is 0 Å². The SMILES string of the molecule is Fc1ccsc1C1=NC(OC(F)(F)F)(c2ccc(-c3ccccc3)cc2)CC1. The predicted octanol–water partition coefficient (Wildman–Crippen LogP) is 6.53. The number of halogens is 4. The zero-order valence-electron chi connectivity index (χ0n) is 14.5. The van der Waals surface area contributed by atoms with Crippen molar-refractivity contribution in [3.05, 3.63) is 82.3 Å². The van der Waals surface area contributed by atoms with Crippen molar-refractivity contribution in [3.63, 3.8) is 0 Å². The molecule has 1 aliphatic rings. The Morgan fingerprint density at radius 2 is 1.61 bits per heavy atom. The summed E-state index contributed by atoms with van der Waals surface area (Å²) in [5.41, 5.74) is 0.508. The topological polar surface area (TPSA) is 21.6 Å². The second-order valence-electron chi connectivity index (χ2n) is 6.43. The van der Waals surface area contributed by atoms with Gasteiger partial charge in [0.25, 0.3) is 0 Å². The van der Waals surface area contributed by atoms with Crippen LogP contribution in [-0.2, 0) is 10.5 Å². The van der Waals surface area contributed by atoms with E-state index in [0.29, 0.717) is 5.71 Å². The Balaban J connectivity index is 1.73. The zero-order valence-corrected chi connectivity index (χ0v) is 15.4. The first-order chi connectivity index (χ1) is 13.4. The van der Waals surface area contributed by atoms with E-state index in [-0.39, 0.29) is 23.3 Å². The van der Waals surface area contributed by atoms with E-state index < -0.39 is 17.9 Å². The van der Waals surface area contributed by atoms with Crippen LogP contribution in [0.15, 0.2) is 71.0 Å². The summed E-state index contributed by atoms with van der Waals surface area (Å²) >= 11 is 1.12. The summed E-state index contributed by atoms with van der Waals surface area (Å²) in [7, 11) is 0. The van der Waals surface area contributed by atoms with Crippen molar-refractivity contribution < 1.29 is 22.3 Å². The molecule has 0 aliphatic carbocycles. The van der Waals surface area contributed by atoms with Gasteiger partial charge in [0.1, 0.15) is 5.82 Å². The number of benzene rings is 2. The third kappa shape index (κ3) is 3.72. The highest BCUT2D eigenvalue weighted by molar-refractivity contribution is 7.12. The summed E-state index contributed by atoms with van der Waals surface area (Å²) in [6.07, 6.45) is -4.68. The first kappa shape index (κ1) is 18.8. The lowest BCUT2D eigenvalue weighted by molar-refractivity contribution is -0.369. The average Bonchev–Trinajstić information content (AvgIpc) is 3.28. The van der Waals surface area contributed by atoms with Crippen LogP contribution in [0, 0.1) is 5.82 Å². The number of hydrogen-bond acceptors (Lipinski definition) is 3. The van der Waals surface area contributed by atoms with Crippen molar-refractivity contribution >= 4 is 17.0 Å². The van der Waals surface area contributed by atoms with Gasteiger partial charge in [-0.2, -0.15) is 0 Å². The molecule has 28 heavy (non-hydrogen) atoms. The molecule has 2 heterocycles. The van der Waals surface area contributed by atoms with Gasteiger partial charge in [0.15, 0.2) is 5.72 Å². The summed E-state index contributed by atoms with van der Waals surface area (Å²) in [6.45, 7) is 0. The number of hydrogen-bond donors (Lipinski definition) is 0. The largest absolute Gasteiger partial charge is 0.524 e. The zero-order chi connectivity index (χ0) is 19.8. The van der Waals surface area contributed by atoms with Crippen molar-refractivity contribution in [1.29, 1.82) is 0 Å². The molecule has 7 heteroatoms. The van der Waals surface area contributed by atoms with Crippen molar-refractivity contribution in [1.82, 2.24) is 0 Å². The Bertz CT molecular complexity index is 995. The van der Waals surface area contributed by atoms with Gasteiger partial charge in [0.2, 0.25) is 0 Å². The van der Waals surface area contributed by atoms with Gasteiger partial charge in [-0.25, -0.2) is 9.38 Å². The number of aliphatic imine (C=N–C) groups is 1. The molecule has 3 aromatic rings. The summed E-state index contributed by atoms with van der Waals surface area (Å²) < 4.78 is 57.9. The molecule has 0 spiro atoms. The first-order valence-electron chi connectivity index (χ1n) is 8.61. The highest BCUT2D eigenvalue weighted by atomic mass is 32.1. The Morgan fingerprint density at radius 1 is 0.929 bits per heavy atom. The minimum absolute atomic E-state index is 0.0101. The standard InChI is InChI=1S/C21H15F4NOS/c22-17-11-13-28-19(17)18-10-12-20(26-18,27-21(23,24)25)16-8-6-15(7-9-16)14-4-2-1-3-5-14/h1-9,11,13H,10,12H2. The molecule has 0 bridgehead atoms. The predicted molar refractivity (Wildman–Crippen MR) is 101 cm³/mol. The molecule has 0 amide bonds. The van der Waals surface area contributed by atoms with Crippen LogP contribution in [0.25, 0.3) is 11.1 Å². The van der Waals surface area contributed by atoms with E-state index in [9.17, 15) is 17.6 Å². The maximum atomic E-state index is 13.9. The Kier molecular flexibility index (Phi) is 4.81. The maximum absolute atomic E-state index is 13.9. The van der Waals surface area contributed by atoms with Gasteiger partial charge < -0.3 is 0 Å². The third-order valence-electron chi connectivity index (χ3n) is 4.62. The van der Waals surface area contributed by atoms with Gasteiger partial charge >= 0.3 is 6.36 Å². The number of rotatable bonds is 4. The van der Waals surface area contributed by atoms with Crippen LogP contribution >= 0.6 is 11.3 Å². The highest BCUT2D eigenvalue weighted by Crippen LogP contribution is 2.44. The van der Waals surface area contributed by atoms with Gasteiger partial charge in [-0.3, -0.25) is 4.74 Å². The van der Waals surface area contributed by atoms with Crippen molar-refractivity contribution in [2.24, 2.45) is 4.99 Å². The lowest BCUT2D eigenvalue weighted by Gasteiger charge is -2.28. The van der Waals surface area contributed by atoms with E-state index in [0.717, 1.165) is 22.5 Å². The van der Waals surface area contributed by atoms with Crippen molar-refractivity contribution in [2.45, 2.75) is 24.9 Å². The Morgan fingerprint density at radius 3 is 2.21 bits per heavy atom. The molecule has 0 fully saturated rings. The molecule has 144 valence electrons. The van der Waals surface area contributed by atoms with Crippen LogP contribution in [0.4, 0.5) is 17.6 Å². The fourth-order valence-electron chi connectivity index (χ4n) is 3.37. The van der Waals surface area contributed by atoms with Crippen LogP contribution in [0.5, 0.6) is 0 Å². The fourth-order valence-corrected chi connectivity index (χ4v) is 4.16. The highest BCUT2D eigenvalue weighted by Gasteiger charge is 2.48. The lowest BCUT2D eigenvalue weighted by Crippen LogP contribution is -2.32.